The second-order valence-corrected chi connectivity index (χ2v) is 8.50. The number of nitrogens with one attached hydrogen (secondary N) is 1. The van der Waals surface area contributed by atoms with Crippen LogP contribution in [0.2, 0.25) is 5.02 Å². The predicted octanol–water partition coefficient (Wildman–Crippen LogP) is 3.41. The monoisotopic (exact) mass is 481 g/mol. The highest BCUT2D eigenvalue weighted by Crippen LogP contribution is 2.32. The third kappa shape index (κ3) is 3.02. The van der Waals surface area contributed by atoms with Crippen LogP contribution < -0.4 is 11.0 Å². The Kier molecular flexibility index (Phi) is 4.68. The van der Waals surface area contributed by atoms with Crippen molar-refractivity contribution in [2.24, 2.45) is 7.05 Å². The first-order chi connectivity index (χ1) is 16.4. The molecule has 3 aromatic heterocycles. The Labute approximate surface area is 196 Å². The van der Waals surface area contributed by atoms with Gasteiger partial charge in [-0.15, -0.1) is 0 Å². The van der Waals surface area contributed by atoms with Crippen molar-refractivity contribution in [3.63, 3.8) is 0 Å². The van der Waals surface area contributed by atoms with Gasteiger partial charge in [0.05, 0.1) is 40.0 Å². The zero-order valence-corrected chi connectivity index (χ0v) is 18.7. The first kappa shape index (κ1) is 20.8. The van der Waals surface area contributed by atoms with Crippen LogP contribution in [0.25, 0.3) is 33.5 Å². The molecule has 0 spiro atoms. The van der Waals surface area contributed by atoms with Crippen LogP contribution in [0.5, 0.6) is 0 Å². The summed E-state index contributed by atoms with van der Waals surface area (Å²) >= 11 is 6.03. The number of benzene rings is 2. The van der Waals surface area contributed by atoms with Crippen LogP contribution in [0.3, 0.4) is 0 Å². The summed E-state index contributed by atoms with van der Waals surface area (Å²) in [6.45, 7) is 1.83. The van der Waals surface area contributed by atoms with E-state index in [0.717, 1.165) is 12.2 Å². The van der Waals surface area contributed by atoms with E-state index in [1.165, 1.54) is 33.7 Å². The van der Waals surface area contributed by atoms with E-state index in [9.17, 15) is 9.18 Å². The molecule has 1 N–H and O–H groups in total. The Morgan fingerprint density at radius 1 is 1.12 bits per heavy atom. The van der Waals surface area contributed by atoms with Crippen molar-refractivity contribution < 1.29 is 8.78 Å². The Balaban J connectivity index is 1.56. The molecular weight excluding hydrogens is 464 g/mol. The van der Waals surface area contributed by atoms with Gasteiger partial charge >= 0.3 is 5.69 Å². The molecule has 1 aliphatic heterocycles. The largest absolute Gasteiger partial charge is 0.337 e. The Hall–Kier alpha value is -3.76. The van der Waals surface area contributed by atoms with Gasteiger partial charge in [-0.25, -0.2) is 13.6 Å². The number of halogens is 3. The van der Waals surface area contributed by atoms with E-state index >= 15 is 4.39 Å². The molecule has 0 saturated heterocycles. The Morgan fingerprint density at radius 3 is 2.76 bits per heavy atom. The highest BCUT2D eigenvalue weighted by molar-refractivity contribution is 6.31. The lowest BCUT2D eigenvalue weighted by molar-refractivity contribution is 0.475. The summed E-state index contributed by atoms with van der Waals surface area (Å²) in [5.74, 6) is -1.07. The topological polar surface area (TPSA) is 74.6 Å². The fraction of sp³-hybridized carbons (Fsp3) is 0.174. The van der Waals surface area contributed by atoms with Crippen molar-refractivity contribution in [1.29, 1.82) is 0 Å². The summed E-state index contributed by atoms with van der Waals surface area (Å²) in [5.41, 5.74) is 2.69. The van der Waals surface area contributed by atoms with Gasteiger partial charge in [0.15, 0.2) is 5.82 Å². The second-order valence-electron chi connectivity index (χ2n) is 8.09. The summed E-state index contributed by atoms with van der Waals surface area (Å²) in [6.07, 6.45) is 4.54. The van der Waals surface area contributed by atoms with Crippen LogP contribution in [0.15, 0.2) is 53.7 Å². The number of rotatable bonds is 3. The lowest BCUT2D eigenvalue weighted by atomic mass is 10.1. The van der Waals surface area contributed by atoms with E-state index in [2.05, 4.69) is 10.4 Å². The van der Waals surface area contributed by atoms with Crippen molar-refractivity contribution in [2.45, 2.75) is 13.1 Å². The Bertz CT molecular complexity index is 1650. The van der Waals surface area contributed by atoms with E-state index in [1.807, 2.05) is 4.68 Å². The van der Waals surface area contributed by atoms with Crippen LogP contribution in [0.4, 0.5) is 8.78 Å². The molecule has 172 valence electrons. The highest BCUT2D eigenvalue weighted by atomic mass is 35.5. The fourth-order valence-corrected chi connectivity index (χ4v) is 4.61. The molecule has 8 nitrogen and oxygen atoms in total. The molecule has 0 amide bonds. The van der Waals surface area contributed by atoms with Crippen molar-refractivity contribution in [3.8, 4) is 22.6 Å². The molecule has 2 aromatic carbocycles. The average Bonchev–Trinajstić information content (AvgIpc) is 3.51. The number of aromatic nitrogens is 6. The van der Waals surface area contributed by atoms with Crippen LogP contribution in [-0.4, -0.2) is 35.2 Å². The van der Waals surface area contributed by atoms with Crippen LogP contribution in [-0.2, 0) is 20.1 Å². The SMILES string of the molecule is Cn1ncc2c(F)c(-n3ccn(-c4c(-c5ccc(F)c(Cl)c5)nn5c4CNCC5)c3=O)ccc21. The van der Waals surface area contributed by atoms with Crippen LogP contribution in [0, 0.1) is 11.6 Å². The molecule has 5 aromatic rings. The van der Waals surface area contributed by atoms with Gasteiger partial charge in [-0.05, 0) is 30.3 Å². The number of nitrogens with zero attached hydrogens (tertiary/aromatic N) is 6. The third-order valence-corrected chi connectivity index (χ3v) is 6.43. The normalized spacial score (nSPS) is 13.5. The van der Waals surface area contributed by atoms with Crippen LogP contribution in [0.1, 0.15) is 5.69 Å². The molecule has 4 heterocycles. The summed E-state index contributed by atoms with van der Waals surface area (Å²) < 4.78 is 35.2. The molecule has 0 aliphatic carbocycles. The zero-order chi connectivity index (χ0) is 23.6. The number of fused-ring (bicyclic) bond motifs is 2. The summed E-state index contributed by atoms with van der Waals surface area (Å²) in [5, 5.41) is 12.4. The Morgan fingerprint density at radius 2 is 1.94 bits per heavy atom. The molecule has 0 bridgehead atoms. The van der Waals surface area contributed by atoms with Crippen molar-refractivity contribution in [1.82, 2.24) is 34.0 Å². The second kappa shape index (κ2) is 7.64. The average molecular weight is 482 g/mol. The van der Waals surface area contributed by atoms with Crippen molar-refractivity contribution >= 4 is 22.5 Å². The minimum Gasteiger partial charge on any atom is -0.309 e. The molecule has 0 atom stereocenters. The van der Waals surface area contributed by atoms with Gasteiger partial charge in [-0.1, -0.05) is 11.6 Å². The molecule has 11 heteroatoms. The van der Waals surface area contributed by atoms with E-state index in [4.69, 9.17) is 16.7 Å². The van der Waals surface area contributed by atoms with Gasteiger partial charge in [0.1, 0.15) is 17.2 Å². The maximum Gasteiger partial charge on any atom is 0.337 e. The van der Waals surface area contributed by atoms with Gasteiger partial charge < -0.3 is 5.32 Å². The quantitative estimate of drug-likeness (QED) is 0.428. The smallest absolute Gasteiger partial charge is 0.309 e. The third-order valence-electron chi connectivity index (χ3n) is 6.14. The maximum absolute atomic E-state index is 15.3. The van der Waals surface area contributed by atoms with Gasteiger partial charge in [0.2, 0.25) is 0 Å². The summed E-state index contributed by atoms with van der Waals surface area (Å²) in [6, 6.07) is 7.61. The van der Waals surface area contributed by atoms with Crippen molar-refractivity contribution in [2.75, 3.05) is 6.54 Å². The lowest BCUT2D eigenvalue weighted by Crippen LogP contribution is -2.30. The highest BCUT2D eigenvalue weighted by Gasteiger charge is 2.25. The zero-order valence-electron chi connectivity index (χ0n) is 18.0. The molecule has 0 radical (unpaired) electrons. The molecular formula is C23H18ClF2N7O. The number of imidazole rings is 1. The van der Waals surface area contributed by atoms with Gasteiger partial charge in [-0.2, -0.15) is 10.2 Å². The molecule has 34 heavy (non-hydrogen) atoms. The van der Waals surface area contributed by atoms with Gasteiger partial charge in [0, 0.05) is 38.1 Å². The van der Waals surface area contributed by atoms with E-state index in [-0.39, 0.29) is 10.7 Å². The van der Waals surface area contributed by atoms with Crippen LogP contribution >= 0.6 is 11.6 Å². The number of hydrogen-bond donors (Lipinski definition) is 1. The van der Waals surface area contributed by atoms with E-state index in [1.54, 1.807) is 36.1 Å². The first-order valence-electron chi connectivity index (χ1n) is 10.6. The predicted molar refractivity (Wildman–Crippen MR) is 123 cm³/mol. The van der Waals surface area contributed by atoms with Crippen molar-refractivity contribution in [3.05, 3.63) is 81.8 Å². The van der Waals surface area contributed by atoms with E-state index < -0.39 is 17.3 Å². The first-order valence-corrected chi connectivity index (χ1v) is 11.0. The number of hydrogen-bond acceptors (Lipinski definition) is 4. The minimum atomic E-state index is -0.540. The summed E-state index contributed by atoms with van der Waals surface area (Å²) in [4.78, 5) is 13.5. The minimum absolute atomic E-state index is 0.0377. The number of aryl methyl sites for hydroxylation is 1. The summed E-state index contributed by atoms with van der Waals surface area (Å²) in [7, 11) is 1.73. The molecule has 1 aliphatic rings. The molecule has 0 saturated carbocycles. The maximum atomic E-state index is 15.3. The van der Waals surface area contributed by atoms with Gasteiger partial charge in [0.25, 0.3) is 0 Å². The van der Waals surface area contributed by atoms with Gasteiger partial charge in [-0.3, -0.25) is 18.5 Å². The lowest BCUT2D eigenvalue weighted by Gasteiger charge is -2.16. The fourth-order valence-electron chi connectivity index (χ4n) is 4.43. The molecule has 0 unspecified atom stereocenters. The standard InChI is InChI=1S/C23H18ClF2N7O/c1-30-17-4-5-18(20(26)14(17)11-28-30)31-8-9-32(23(31)34)22-19-12-27-6-7-33(19)29-21(22)13-2-3-16(25)15(24)10-13/h2-5,8-11,27H,6-7,12H2,1H3. The molecule has 0 fully saturated rings. The van der Waals surface area contributed by atoms with E-state index in [0.29, 0.717) is 40.9 Å². The molecule has 6 rings (SSSR count).